The van der Waals surface area contributed by atoms with Crippen LogP contribution in [0.15, 0.2) is 0 Å². The summed E-state index contributed by atoms with van der Waals surface area (Å²) in [5.74, 6) is 0. The highest BCUT2D eigenvalue weighted by Crippen LogP contribution is 2.03. The van der Waals surface area contributed by atoms with Crippen molar-refractivity contribution in [2.24, 2.45) is 0 Å². The Labute approximate surface area is 83.1 Å². The van der Waals surface area contributed by atoms with Crippen LogP contribution in [0.3, 0.4) is 0 Å². The minimum absolute atomic E-state index is 0.354. The average molecular weight is 186 g/mol. The predicted octanol–water partition coefficient (Wildman–Crippen LogP) is 1.19. The van der Waals surface area contributed by atoms with E-state index >= 15 is 0 Å². The number of hydrogen-bond acceptors (Lipinski definition) is 2. The molecule has 2 atom stereocenters. The van der Waals surface area contributed by atoms with Crippen LogP contribution in [-0.4, -0.2) is 50.3 Å². The maximum absolute atomic E-state index is 4.76. The Bertz CT molecular complexity index is 109. The molecule has 1 radical (unpaired) electrons. The summed E-state index contributed by atoms with van der Waals surface area (Å²) < 4.78 is 0. The molecule has 0 aliphatic heterocycles. The summed E-state index contributed by atoms with van der Waals surface area (Å²) in [6.07, 6.45) is 2.87. The lowest BCUT2D eigenvalue weighted by atomic mass is 10.3. The minimum atomic E-state index is 0.354. The van der Waals surface area contributed by atoms with Gasteiger partial charge in [0.25, 0.3) is 0 Å². The number of rotatable bonds is 6. The van der Waals surface area contributed by atoms with Gasteiger partial charge in [0.1, 0.15) is 0 Å². The predicted molar refractivity (Wildman–Crippen MR) is 57.7 cm³/mol. The van der Waals surface area contributed by atoms with E-state index in [0.29, 0.717) is 12.3 Å². The van der Waals surface area contributed by atoms with Crippen LogP contribution < -0.4 is 5.32 Å². The molecule has 0 fully saturated rings. The van der Waals surface area contributed by atoms with Gasteiger partial charge in [-0.25, -0.2) is 5.32 Å². The summed E-state index contributed by atoms with van der Waals surface area (Å²) in [5.41, 5.74) is 0. The van der Waals surface area contributed by atoms with Gasteiger partial charge in [-0.15, -0.1) is 0 Å². The standard InChI is InChI=1S/C10H24N3/c1-7-9(12(3)4)11-10(8-2)13(5)6/h9-10H,7-8H2,1-6H3. The van der Waals surface area contributed by atoms with Crippen molar-refractivity contribution >= 4 is 0 Å². The molecule has 79 valence electrons. The van der Waals surface area contributed by atoms with Gasteiger partial charge in [-0.2, -0.15) is 0 Å². The molecule has 0 N–H and O–H groups in total. The molecule has 0 aromatic carbocycles. The summed E-state index contributed by atoms with van der Waals surface area (Å²) in [6, 6.07) is 0. The highest BCUT2D eigenvalue weighted by atomic mass is 15.3. The Hall–Kier alpha value is -0.120. The first-order valence-electron chi connectivity index (χ1n) is 5.05. The van der Waals surface area contributed by atoms with Gasteiger partial charge in [-0.1, -0.05) is 13.8 Å². The van der Waals surface area contributed by atoms with Gasteiger partial charge in [0.2, 0.25) is 0 Å². The molecule has 3 heteroatoms. The molecule has 0 bridgehead atoms. The Morgan fingerprint density at radius 2 is 1.15 bits per heavy atom. The third-order valence-electron chi connectivity index (χ3n) is 2.27. The molecular weight excluding hydrogens is 162 g/mol. The fourth-order valence-electron chi connectivity index (χ4n) is 1.41. The van der Waals surface area contributed by atoms with E-state index in [9.17, 15) is 0 Å². The molecular formula is C10H24N3. The van der Waals surface area contributed by atoms with Crippen LogP contribution in [0, 0.1) is 0 Å². The molecule has 13 heavy (non-hydrogen) atoms. The van der Waals surface area contributed by atoms with Crippen molar-refractivity contribution in [3.8, 4) is 0 Å². The maximum atomic E-state index is 4.76. The molecule has 0 aromatic rings. The second-order valence-electron chi connectivity index (χ2n) is 3.85. The van der Waals surface area contributed by atoms with Crippen molar-refractivity contribution in [2.45, 2.75) is 39.0 Å². The summed E-state index contributed by atoms with van der Waals surface area (Å²) in [4.78, 5) is 4.35. The molecule has 2 unspecified atom stereocenters. The molecule has 0 aliphatic carbocycles. The topological polar surface area (TPSA) is 20.6 Å². The SMILES string of the molecule is CCC([N]C(CC)N(C)C)N(C)C. The summed E-state index contributed by atoms with van der Waals surface area (Å²) in [6.45, 7) is 4.35. The first-order chi connectivity index (χ1) is 6.02. The monoisotopic (exact) mass is 186 g/mol. The number of nitrogens with zero attached hydrogens (tertiary/aromatic N) is 3. The van der Waals surface area contributed by atoms with Gasteiger partial charge in [0, 0.05) is 0 Å². The average Bonchev–Trinajstić information content (AvgIpc) is 2.05. The largest absolute Gasteiger partial charge is 0.293 e. The van der Waals surface area contributed by atoms with E-state index in [4.69, 9.17) is 5.32 Å². The maximum Gasteiger partial charge on any atom is 0.0771 e. The van der Waals surface area contributed by atoms with Crippen molar-refractivity contribution < 1.29 is 0 Å². The molecule has 0 saturated carbocycles. The first-order valence-corrected chi connectivity index (χ1v) is 5.05. The fraction of sp³-hybridized carbons (Fsp3) is 1.00. The van der Waals surface area contributed by atoms with Gasteiger partial charge in [-0.05, 0) is 41.0 Å². The van der Waals surface area contributed by atoms with Gasteiger partial charge < -0.3 is 0 Å². The van der Waals surface area contributed by atoms with E-state index in [-0.39, 0.29) is 0 Å². The van der Waals surface area contributed by atoms with Crippen molar-refractivity contribution in [3.05, 3.63) is 0 Å². The smallest absolute Gasteiger partial charge is 0.0771 e. The van der Waals surface area contributed by atoms with Crippen LogP contribution in [0.25, 0.3) is 0 Å². The Kier molecular flexibility index (Phi) is 6.29. The van der Waals surface area contributed by atoms with Crippen molar-refractivity contribution in [2.75, 3.05) is 28.2 Å². The van der Waals surface area contributed by atoms with Crippen LogP contribution in [0.4, 0.5) is 0 Å². The van der Waals surface area contributed by atoms with E-state index < -0.39 is 0 Å². The fourth-order valence-corrected chi connectivity index (χ4v) is 1.41. The molecule has 0 spiro atoms. The van der Waals surface area contributed by atoms with Gasteiger partial charge in [0.05, 0.1) is 12.3 Å². The second kappa shape index (κ2) is 6.35. The highest BCUT2D eigenvalue weighted by Gasteiger charge is 2.16. The van der Waals surface area contributed by atoms with E-state index in [1.807, 2.05) is 0 Å². The van der Waals surface area contributed by atoms with E-state index in [1.54, 1.807) is 0 Å². The summed E-state index contributed by atoms with van der Waals surface area (Å²) >= 11 is 0. The molecule has 0 aromatic heterocycles. The molecule has 3 nitrogen and oxygen atoms in total. The summed E-state index contributed by atoms with van der Waals surface area (Å²) in [5, 5.41) is 4.76. The molecule has 0 amide bonds. The van der Waals surface area contributed by atoms with Crippen LogP contribution in [0.2, 0.25) is 0 Å². The molecule has 0 aliphatic rings. The minimum Gasteiger partial charge on any atom is -0.293 e. The van der Waals surface area contributed by atoms with E-state index in [1.165, 1.54) is 0 Å². The van der Waals surface area contributed by atoms with Crippen molar-refractivity contribution in [1.82, 2.24) is 15.1 Å². The number of hydrogen-bond donors (Lipinski definition) is 0. The Balaban J connectivity index is 4.03. The first kappa shape index (κ1) is 12.9. The van der Waals surface area contributed by atoms with Crippen LogP contribution in [0.5, 0.6) is 0 Å². The lowest BCUT2D eigenvalue weighted by Crippen LogP contribution is -2.46. The zero-order valence-corrected chi connectivity index (χ0v) is 9.91. The Morgan fingerprint density at radius 3 is 1.31 bits per heavy atom. The third kappa shape index (κ3) is 4.60. The van der Waals surface area contributed by atoms with Crippen LogP contribution in [-0.2, 0) is 0 Å². The molecule has 0 heterocycles. The molecule has 0 rings (SSSR count). The van der Waals surface area contributed by atoms with Crippen molar-refractivity contribution in [3.63, 3.8) is 0 Å². The zero-order valence-electron chi connectivity index (χ0n) is 9.91. The van der Waals surface area contributed by atoms with Gasteiger partial charge in [0.15, 0.2) is 0 Å². The quantitative estimate of drug-likeness (QED) is 0.621. The normalized spacial score (nSPS) is 16.6. The lowest BCUT2D eigenvalue weighted by Gasteiger charge is -2.30. The second-order valence-corrected chi connectivity index (χ2v) is 3.85. The van der Waals surface area contributed by atoms with Gasteiger partial charge >= 0.3 is 0 Å². The van der Waals surface area contributed by atoms with Crippen molar-refractivity contribution in [1.29, 1.82) is 0 Å². The third-order valence-corrected chi connectivity index (χ3v) is 2.27. The van der Waals surface area contributed by atoms with Gasteiger partial charge in [-0.3, -0.25) is 9.80 Å². The van der Waals surface area contributed by atoms with Crippen LogP contribution in [0.1, 0.15) is 26.7 Å². The van der Waals surface area contributed by atoms with Crippen LogP contribution >= 0.6 is 0 Å². The zero-order chi connectivity index (χ0) is 10.4. The summed E-state index contributed by atoms with van der Waals surface area (Å²) in [7, 11) is 8.33. The molecule has 0 saturated heterocycles. The van der Waals surface area contributed by atoms with E-state index in [0.717, 1.165) is 12.8 Å². The van der Waals surface area contributed by atoms with E-state index in [2.05, 4.69) is 51.8 Å². The highest BCUT2D eigenvalue weighted by molar-refractivity contribution is 4.68. The lowest BCUT2D eigenvalue weighted by molar-refractivity contribution is 0.142. The Morgan fingerprint density at radius 1 is 0.846 bits per heavy atom.